The Morgan fingerprint density at radius 3 is 1.77 bits per heavy atom. The summed E-state index contributed by atoms with van der Waals surface area (Å²) < 4.78 is 3.75. The lowest BCUT2D eigenvalue weighted by molar-refractivity contribution is 1.19. The highest BCUT2D eigenvalue weighted by molar-refractivity contribution is 7.17. The van der Waals surface area contributed by atoms with Crippen molar-refractivity contribution in [3.8, 4) is 39.1 Å². The highest BCUT2D eigenvalue weighted by Gasteiger charge is 2.19. The van der Waals surface area contributed by atoms with E-state index in [-0.39, 0.29) is 0 Å². The molecule has 188 valence electrons. The van der Waals surface area contributed by atoms with Crippen molar-refractivity contribution in [2.75, 3.05) is 0 Å². The minimum atomic E-state index is 1.18. The monoisotopic (exact) mass is 527 g/mol. The molecule has 0 fully saturated rings. The van der Waals surface area contributed by atoms with Crippen LogP contribution in [0.4, 0.5) is 0 Å². The van der Waals surface area contributed by atoms with Crippen molar-refractivity contribution in [1.29, 1.82) is 0 Å². The molecule has 2 heteroatoms. The molecule has 2 heterocycles. The van der Waals surface area contributed by atoms with Gasteiger partial charge in [0.1, 0.15) is 0 Å². The molecule has 40 heavy (non-hydrogen) atoms. The lowest BCUT2D eigenvalue weighted by Crippen LogP contribution is -1.94. The van der Waals surface area contributed by atoms with Crippen molar-refractivity contribution >= 4 is 43.2 Å². The minimum absolute atomic E-state index is 1.18. The van der Waals surface area contributed by atoms with Crippen LogP contribution in [0.25, 0.3) is 71.0 Å². The first-order chi connectivity index (χ1) is 19.9. The van der Waals surface area contributed by atoms with Crippen LogP contribution in [0.15, 0.2) is 151 Å². The van der Waals surface area contributed by atoms with Crippen molar-refractivity contribution < 1.29 is 0 Å². The molecule has 8 aromatic rings. The quantitative estimate of drug-likeness (QED) is 0.214. The van der Waals surface area contributed by atoms with Crippen LogP contribution in [0.3, 0.4) is 0 Å². The molecule has 0 aliphatic heterocycles. The second kappa shape index (κ2) is 9.37. The largest absolute Gasteiger partial charge is 0.309 e. The zero-order valence-corrected chi connectivity index (χ0v) is 22.6. The summed E-state index contributed by atoms with van der Waals surface area (Å²) >= 11 is 1.80. The number of thiophene rings is 1. The molecule has 0 bridgehead atoms. The average Bonchev–Trinajstić information content (AvgIpc) is 3.64. The number of nitrogens with zero attached hydrogens (tertiary/aromatic N) is 1. The molecule has 0 saturated carbocycles. The van der Waals surface area contributed by atoms with Gasteiger partial charge in [0.25, 0.3) is 0 Å². The van der Waals surface area contributed by atoms with Gasteiger partial charge < -0.3 is 4.57 Å². The SMILES string of the molecule is c1ccc(-c2cccc(-c3ccccc3)c2-c2ccc3c(c2)c2ccc4sccc4c2n3-c2ccccc2)cc1. The summed E-state index contributed by atoms with van der Waals surface area (Å²) in [7, 11) is 0. The average molecular weight is 528 g/mol. The zero-order chi connectivity index (χ0) is 26.5. The van der Waals surface area contributed by atoms with Gasteiger partial charge in [0.15, 0.2) is 0 Å². The Balaban J connectivity index is 1.47. The first-order valence-electron chi connectivity index (χ1n) is 13.6. The van der Waals surface area contributed by atoms with E-state index in [1.54, 1.807) is 11.3 Å². The number of para-hydroxylation sites is 1. The van der Waals surface area contributed by atoms with Crippen molar-refractivity contribution in [2.45, 2.75) is 0 Å². The third-order valence-corrected chi connectivity index (χ3v) is 8.78. The van der Waals surface area contributed by atoms with E-state index in [9.17, 15) is 0 Å². The number of hydrogen-bond donors (Lipinski definition) is 0. The van der Waals surface area contributed by atoms with Gasteiger partial charge in [0, 0.05) is 26.5 Å². The molecule has 0 spiro atoms. The zero-order valence-electron chi connectivity index (χ0n) is 21.8. The summed E-state index contributed by atoms with van der Waals surface area (Å²) in [5.41, 5.74) is 11.1. The molecule has 0 aliphatic rings. The molecule has 0 saturated heterocycles. The summed E-state index contributed by atoms with van der Waals surface area (Å²) in [6, 6.07) is 52.8. The Morgan fingerprint density at radius 1 is 0.450 bits per heavy atom. The van der Waals surface area contributed by atoms with Crippen LogP contribution in [0.1, 0.15) is 0 Å². The van der Waals surface area contributed by atoms with Gasteiger partial charge in [0.05, 0.1) is 11.0 Å². The first kappa shape index (κ1) is 23.0. The fourth-order valence-corrected chi connectivity index (χ4v) is 6.92. The van der Waals surface area contributed by atoms with Gasteiger partial charge in [0.2, 0.25) is 0 Å². The second-order valence-corrected chi connectivity index (χ2v) is 11.1. The first-order valence-corrected chi connectivity index (χ1v) is 14.5. The summed E-state index contributed by atoms with van der Waals surface area (Å²) in [5, 5.41) is 6.06. The Labute approximate surface area is 237 Å². The van der Waals surface area contributed by atoms with Gasteiger partial charge in [-0.05, 0) is 75.2 Å². The fourth-order valence-electron chi connectivity index (χ4n) is 6.13. The summed E-state index contributed by atoms with van der Waals surface area (Å²) in [4.78, 5) is 0. The van der Waals surface area contributed by atoms with E-state index in [0.29, 0.717) is 0 Å². The van der Waals surface area contributed by atoms with Crippen LogP contribution >= 0.6 is 11.3 Å². The molecule has 6 aromatic carbocycles. The molecule has 2 aromatic heterocycles. The van der Waals surface area contributed by atoms with Gasteiger partial charge in [-0.25, -0.2) is 0 Å². The van der Waals surface area contributed by atoms with Crippen molar-refractivity contribution in [3.05, 3.63) is 151 Å². The van der Waals surface area contributed by atoms with Crippen molar-refractivity contribution in [2.24, 2.45) is 0 Å². The van der Waals surface area contributed by atoms with Crippen LogP contribution in [0.2, 0.25) is 0 Å². The normalized spacial score (nSPS) is 11.5. The lowest BCUT2D eigenvalue weighted by atomic mass is 9.87. The van der Waals surface area contributed by atoms with Gasteiger partial charge in [-0.2, -0.15) is 0 Å². The van der Waals surface area contributed by atoms with E-state index in [1.807, 2.05) is 0 Å². The molecule has 0 aliphatic carbocycles. The molecule has 8 rings (SSSR count). The van der Waals surface area contributed by atoms with Gasteiger partial charge in [-0.15, -0.1) is 11.3 Å². The lowest BCUT2D eigenvalue weighted by Gasteiger charge is -2.17. The molecule has 0 N–H and O–H groups in total. The molecule has 0 atom stereocenters. The number of benzene rings is 6. The molecular weight excluding hydrogens is 502 g/mol. The summed E-state index contributed by atoms with van der Waals surface area (Å²) in [6.45, 7) is 0. The van der Waals surface area contributed by atoms with E-state index in [1.165, 1.54) is 71.0 Å². The van der Waals surface area contributed by atoms with Crippen LogP contribution in [0.5, 0.6) is 0 Å². The van der Waals surface area contributed by atoms with Gasteiger partial charge in [-0.3, -0.25) is 0 Å². The smallest absolute Gasteiger partial charge is 0.0627 e. The molecule has 0 amide bonds. The molecule has 0 radical (unpaired) electrons. The summed E-state index contributed by atoms with van der Waals surface area (Å²) in [6.07, 6.45) is 0. The third-order valence-electron chi connectivity index (χ3n) is 7.90. The number of hydrogen-bond acceptors (Lipinski definition) is 1. The van der Waals surface area contributed by atoms with E-state index in [0.717, 1.165) is 0 Å². The van der Waals surface area contributed by atoms with E-state index >= 15 is 0 Å². The predicted molar refractivity (Wildman–Crippen MR) is 172 cm³/mol. The van der Waals surface area contributed by atoms with Crippen LogP contribution in [-0.2, 0) is 0 Å². The summed E-state index contributed by atoms with van der Waals surface area (Å²) in [5.74, 6) is 0. The molecular formula is C38H25NS. The maximum atomic E-state index is 2.44. The van der Waals surface area contributed by atoms with Crippen molar-refractivity contribution in [1.82, 2.24) is 4.57 Å². The van der Waals surface area contributed by atoms with Crippen molar-refractivity contribution in [3.63, 3.8) is 0 Å². The Bertz CT molecular complexity index is 2080. The minimum Gasteiger partial charge on any atom is -0.309 e. The molecule has 0 unspecified atom stereocenters. The maximum Gasteiger partial charge on any atom is 0.0627 e. The predicted octanol–water partition coefficient (Wildman–Crippen LogP) is 11.0. The third kappa shape index (κ3) is 3.61. The van der Waals surface area contributed by atoms with E-state index in [2.05, 4.69) is 156 Å². The fraction of sp³-hybridized carbons (Fsp3) is 0. The van der Waals surface area contributed by atoms with Gasteiger partial charge in [-0.1, -0.05) is 109 Å². The number of aromatic nitrogens is 1. The highest BCUT2D eigenvalue weighted by Crippen LogP contribution is 2.44. The Morgan fingerprint density at radius 2 is 1.10 bits per heavy atom. The number of fused-ring (bicyclic) bond motifs is 5. The van der Waals surface area contributed by atoms with Crippen LogP contribution < -0.4 is 0 Å². The topological polar surface area (TPSA) is 4.93 Å². The Hall–Kier alpha value is -4.92. The van der Waals surface area contributed by atoms with Crippen LogP contribution in [0, 0.1) is 0 Å². The standard InChI is InChI=1S/C38H25NS/c1-4-11-26(12-5-1)30-17-10-18-31(27-13-6-2-7-14-27)37(30)28-19-21-35-34(25-28)32-20-22-36-33(23-24-40-36)38(32)39(35)29-15-8-3-9-16-29/h1-25H. The van der Waals surface area contributed by atoms with Crippen LogP contribution in [-0.4, -0.2) is 4.57 Å². The maximum absolute atomic E-state index is 2.44. The molecule has 1 nitrogen and oxygen atoms in total. The van der Waals surface area contributed by atoms with Gasteiger partial charge >= 0.3 is 0 Å². The highest BCUT2D eigenvalue weighted by atomic mass is 32.1. The number of rotatable bonds is 4. The Kier molecular flexibility index (Phi) is 5.39. The van der Waals surface area contributed by atoms with E-state index < -0.39 is 0 Å². The van der Waals surface area contributed by atoms with E-state index in [4.69, 9.17) is 0 Å². The second-order valence-electron chi connectivity index (χ2n) is 10.2.